The van der Waals surface area contributed by atoms with E-state index in [1.807, 2.05) is 0 Å². The molecule has 0 aliphatic carbocycles. The number of likely N-dealkylation sites (N-methyl/N-ethyl adjacent to an activating group) is 2. The summed E-state index contributed by atoms with van der Waals surface area (Å²) in [6, 6.07) is 10.4. The van der Waals surface area contributed by atoms with E-state index in [0.717, 1.165) is 5.56 Å². The number of thiocarbonyl (C=S) groups is 1. The van der Waals surface area contributed by atoms with Gasteiger partial charge in [0.05, 0.1) is 0 Å². The lowest BCUT2D eigenvalue weighted by molar-refractivity contribution is -0.132. The molecule has 1 aliphatic rings. The molecule has 2 aromatic rings. The first-order valence-corrected chi connectivity index (χ1v) is 8.23. The zero-order valence-electron chi connectivity index (χ0n) is 14.5. The van der Waals surface area contributed by atoms with Gasteiger partial charge < -0.3 is 4.42 Å². The Hall–Kier alpha value is -3.06. The van der Waals surface area contributed by atoms with Crippen molar-refractivity contribution in [3.8, 4) is 11.3 Å². The van der Waals surface area contributed by atoms with E-state index >= 15 is 0 Å². The number of benzene rings is 1. The van der Waals surface area contributed by atoms with Gasteiger partial charge in [-0.1, -0.05) is 24.3 Å². The lowest BCUT2D eigenvalue weighted by Gasteiger charge is -2.31. The van der Waals surface area contributed by atoms with Gasteiger partial charge in [-0.15, -0.1) is 0 Å². The first kappa shape index (κ1) is 17.8. The van der Waals surface area contributed by atoms with Crippen molar-refractivity contribution in [3.05, 3.63) is 53.3 Å². The second-order valence-electron chi connectivity index (χ2n) is 5.90. The molecule has 0 N–H and O–H groups in total. The molecule has 1 aromatic heterocycles. The van der Waals surface area contributed by atoms with Crippen LogP contribution in [-0.4, -0.2) is 46.6 Å². The summed E-state index contributed by atoms with van der Waals surface area (Å²) >= 11 is 5.06. The normalized spacial score (nSPS) is 14.9. The topological polar surface area (TPSA) is 70.8 Å². The molecule has 0 saturated carbocycles. The quantitative estimate of drug-likeness (QED) is 0.361. The fourth-order valence-corrected chi connectivity index (χ4v) is 2.74. The Morgan fingerprint density at radius 3 is 2.12 bits per heavy atom. The van der Waals surface area contributed by atoms with Gasteiger partial charge in [0.25, 0.3) is 11.8 Å². The molecule has 0 unspecified atom stereocenters. The van der Waals surface area contributed by atoms with Crippen LogP contribution in [0.25, 0.3) is 17.4 Å². The number of hydrogen-bond donors (Lipinski definition) is 0. The Balaban J connectivity index is 1.91. The molecule has 1 fully saturated rings. The molecule has 7 heteroatoms. The Morgan fingerprint density at radius 1 is 1.00 bits per heavy atom. The van der Waals surface area contributed by atoms with Gasteiger partial charge in [-0.25, -0.2) is 0 Å². The molecule has 0 bridgehead atoms. The van der Waals surface area contributed by atoms with Crippen molar-refractivity contribution < 1.29 is 18.8 Å². The van der Waals surface area contributed by atoms with Gasteiger partial charge >= 0.3 is 0 Å². The third-order valence-electron chi connectivity index (χ3n) is 4.13. The molecule has 26 heavy (non-hydrogen) atoms. The molecule has 1 aliphatic heterocycles. The lowest BCUT2D eigenvalue weighted by atomic mass is 10.1. The number of furan rings is 1. The maximum atomic E-state index is 12.3. The second-order valence-corrected chi connectivity index (χ2v) is 6.27. The summed E-state index contributed by atoms with van der Waals surface area (Å²) in [4.78, 5) is 38.5. The first-order chi connectivity index (χ1) is 12.3. The van der Waals surface area contributed by atoms with Crippen LogP contribution in [0.5, 0.6) is 0 Å². The minimum atomic E-state index is -0.470. The summed E-state index contributed by atoms with van der Waals surface area (Å²) in [7, 11) is 3.04. The summed E-state index contributed by atoms with van der Waals surface area (Å²) < 4.78 is 5.73. The van der Waals surface area contributed by atoms with E-state index in [1.165, 1.54) is 36.9 Å². The lowest BCUT2D eigenvalue weighted by Crippen LogP contribution is -2.52. The Bertz CT molecular complexity index is 930. The fraction of sp³-hybridized carbons (Fsp3) is 0.158. The van der Waals surface area contributed by atoms with Crippen LogP contribution in [0, 0.1) is 0 Å². The van der Waals surface area contributed by atoms with E-state index in [0.29, 0.717) is 17.1 Å². The van der Waals surface area contributed by atoms with Crippen LogP contribution < -0.4 is 0 Å². The monoisotopic (exact) mass is 368 g/mol. The zero-order valence-corrected chi connectivity index (χ0v) is 15.3. The smallest absolute Gasteiger partial charge is 0.265 e. The fourth-order valence-electron chi connectivity index (χ4n) is 2.57. The van der Waals surface area contributed by atoms with Gasteiger partial charge in [0.1, 0.15) is 17.1 Å². The third-order valence-corrected chi connectivity index (χ3v) is 4.68. The van der Waals surface area contributed by atoms with Crippen LogP contribution in [0.2, 0.25) is 0 Å². The highest BCUT2D eigenvalue weighted by atomic mass is 32.1. The molecule has 3 rings (SSSR count). The molecular weight excluding hydrogens is 352 g/mol. The molecule has 132 valence electrons. The average Bonchev–Trinajstić information content (AvgIpc) is 3.10. The molecule has 1 saturated heterocycles. The van der Waals surface area contributed by atoms with Crippen LogP contribution in [0.4, 0.5) is 0 Å². The largest absolute Gasteiger partial charge is 0.457 e. The summed E-state index contributed by atoms with van der Waals surface area (Å²) in [5.74, 6) is -0.00697. The highest BCUT2D eigenvalue weighted by Crippen LogP contribution is 2.25. The SMILES string of the molecule is CC(=O)c1ccc(-c2ccc(C=C3C(=O)N(C)C(=S)N(C)C3=O)o2)cc1. The van der Waals surface area contributed by atoms with Gasteiger partial charge in [0, 0.05) is 25.2 Å². The van der Waals surface area contributed by atoms with Gasteiger partial charge in [0.2, 0.25) is 0 Å². The zero-order chi connectivity index (χ0) is 19.0. The van der Waals surface area contributed by atoms with E-state index in [-0.39, 0.29) is 16.5 Å². The maximum absolute atomic E-state index is 12.3. The van der Waals surface area contributed by atoms with E-state index in [1.54, 1.807) is 36.4 Å². The second kappa shape index (κ2) is 6.68. The van der Waals surface area contributed by atoms with Crippen molar-refractivity contribution in [2.45, 2.75) is 6.92 Å². The summed E-state index contributed by atoms with van der Waals surface area (Å²) in [5.41, 5.74) is 1.39. The maximum Gasteiger partial charge on any atom is 0.265 e. The predicted octanol–water partition coefficient (Wildman–Crippen LogP) is 2.75. The van der Waals surface area contributed by atoms with E-state index < -0.39 is 11.8 Å². The van der Waals surface area contributed by atoms with Crippen LogP contribution in [0.3, 0.4) is 0 Å². The molecule has 1 aromatic carbocycles. The highest BCUT2D eigenvalue weighted by Gasteiger charge is 2.35. The van der Waals surface area contributed by atoms with Crippen molar-refractivity contribution in [2.75, 3.05) is 14.1 Å². The average molecular weight is 368 g/mol. The molecule has 0 spiro atoms. The van der Waals surface area contributed by atoms with E-state index in [4.69, 9.17) is 16.6 Å². The minimum Gasteiger partial charge on any atom is -0.457 e. The van der Waals surface area contributed by atoms with Crippen molar-refractivity contribution in [3.63, 3.8) is 0 Å². The van der Waals surface area contributed by atoms with Crippen LogP contribution in [0.15, 0.2) is 46.4 Å². The Labute approximate surface area is 155 Å². The number of hydrogen-bond acceptors (Lipinski definition) is 5. The number of amides is 2. The molecular formula is C19H16N2O4S. The van der Waals surface area contributed by atoms with E-state index in [9.17, 15) is 14.4 Å². The van der Waals surface area contributed by atoms with Crippen molar-refractivity contribution >= 4 is 41.0 Å². The van der Waals surface area contributed by atoms with Crippen LogP contribution >= 0.6 is 12.2 Å². The Morgan fingerprint density at radius 2 is 1.58 bits per heavy atom. The van der Waals surface area contributed by atoms with Crippen molar-refractivity contribution in [2.24, 2.45) is 0 Å². The molecule has 2 heterocycles. The number of nitrogens with zero attached hydrogens (tertiary/aromatic N) is 2. The number of Topliss-reactive ketones (excluding diaryl/α,β-unsaturated/α-hetero) is 1. The molecule has 0 radical (unpaired) electrons. The van der Waals surface area contributed by atoms with Crippen molar-refractivity contribution in [1.29, 1.82) is 0 Å². The molecule has 0 atom stereocenters. The summed E-state index contributed by atoms with van der Waals surface area (Å²) in [5, 5.41) is 0.155. The number of rotatable bonds is 3. The first-order valence-electron chi connectivity index (χ1n) is 7.82. The summed E-state index contributed by atoms with van der Waals surface area (Å²) in [6.07, 6.45) is 1.41. The van der Waals surface area contributed by atoms with Gasteiger partial charge in [-0.3, -0.25) is 24.2 Å². The Kier molecular flexibility index (Phi) is 4.56. The number of carbonyl (C=O) groups excluding carboxylic acids is 3. The van der Waals surface area contributed by atoms with E-state index in [2.05, 4.69) is 0 Å². The van der Waals surface area contributed by atoms with Crippen molar-refractivity contribution in [1.82, 2.24) is 9.80 Å². The standard InChI is InChI=1S/C19H16N2O4S/c1-11(22)12-4-6-13(7-5-12)16-9-8-14(25-16)10-15-17(23)20(2)19(26)21(3)18(15)24/h4-10H,1-3H3. The highest BCUT2D eigenvalue weighted by molar-refractivity contribution is 7.80. The van der Waals surface area contributed by atoms with Gasteiger partial charge in [-0.05, 0) is 37.4 Å². The summed E-state index contributed by atoms with van der Waals surface area (Å²) in [6.45, 7) is 1.50. The van der Waals surface area contributed by atoms with Crippen LogP contribution in [0.1, 0.15) is 23.0 Å². The van der Waals surface area contributed by atoms with Gasteiger partial charge in [-0.2, -0.15) is 0 Å². The molecule has 6 nitrogen and oxygen atoms in total. The number of ketones is 1. The molecule has 2 amide bonds. The van der Waals surface area contributed by atoms with Gasteiger partial charge in [0.15, 0.2) is 10.9 Å². The third kappa shape index (κ3) is 3.09. The predicted molar refractivity (Wildman–Crippen MR) is 100 cm³/mol. The van der Waals surface area contributed by atoms with Crippen LogP contribution in [-0.2, 0) is 9.59 Å². The number of carbonyl (C=O) groups is 3. The minimum absolute atomic E-state index is 0.0121.